The van der Waals surface area contributed by atoms with Gasteiger partial charge < -0.3 is 15.4 Å². The molecule has 0 aromatic carbocycles. The summed E-state index contributed by atoms with van der Waals surface area (Å²) < 4.78 is 5.11. The van der Waals surface area contributed by atoms with Gasteiger partial charge in [0, 0.05) is 39.3 Å². The Morgan fingerprint density at radius 3 is 2.84 bits per heavy atom. The van der Waals surface area contributed by atoms with Crippen molar-refractivity contribution in [3.8, 4) is 0 Å². The van der Waals surface area contributed by atoms with E-state index in [1.165, 1.54) is 0 Å². The van der Waals surface area contributed by atoms with Crippen molar-refractivity contribution in [1.29, 1.82) is 0 Å². The van der Waals surface area contributed by atoms with Crippen molar-refractivity contribution in [2.24, 2.45) is 11.7 Å². The standard InChI is InChI=1S/C14H25N3O2/c1-19-10-9-16-5-2-6-17(8-7-16)14(18)12-3-4-13(15)11-12/h3-4,12-13H,2,5-11,15H2,1H3. The molecule has 108 valence electrons. The fraction of sp³-hybridized carbons (Fsp3) is 0.786. The van der Waals surface area contributed by atoms with Crippen LogP contribution in [0.1, 0.15) is 12.8 Å². The molecule has 0 saturated carbocycles. The highest BCUT2D eigenvalue weighted by Crippen LogP contribution is 2.19. The van der Waals surface area contributed by atoms with Crippen LogP contribution in [0, 0.1) is 5.92 Å². The minimum atomic E-state index is 0.000486. The van der Waals surface area contributed by atoms with Crippen LogP contribution in [0.15, 0.2) is 12.2 Å². The molecule has 1 heterocycles. The number of carbonyl (C=O) groups excluding carboxylic acids is 1. The molecule has 1 fully saturated rings. The Morgan fingerprint density at radius 2 is 2.16 bits per heavy atom. The van der Waals surface area contributed by atoms with Crippen molar-refractivity contribution in [2.45, 2.75) is 18.9 Å². The van der Waals surface area contributed by atoms with E-state index < -0.39 is 0 Å². The van der Waals surface area contributed by atoms with Crippen molar-refractivity contribution in [3.63, 3.8) is 0 Å². The molecule has 1 amide bonds. The Balaban J connectivity index is 1.82. The Hall–Kier alpha value is -0.910. The third-order valence-corrected chi connectivity index (χ3v) is 3.95. The number of hydrogen-bond donors (Lipinski definition) is 1. The summed E-state index contributed by atoms with van der Waals surface area (Å²) in [7, 11) is 1.73. The molecule has 2 aliphatic rings. The third kappa shape index (κ3) is 4.03. The fourth-order valence-electron chi connectivity index (χ4n) is 2.78. The van der Waals surface area contributed by atoms with Gasteiger partial charge in [-0.2, -0.15) is 0 Å². The monoisotopic (exact) mass is 267 g/mol. The zero-order chi connectivity index (χ0) is 13.7. The molecular formula is C14H25N3O2. The number of hydrogen-bond acceptors (Lipinski definition) is 4. The molecule has 5 heteroatoms. The van der Waals surface area contributed by atoms with Gasteiger partial charge in [0.15, 0.2) is 0 Å². The topological polar surface area (TPSA) is 58.8 Å². The van der Waals surface area contributed by atoms with Gasteiger partial charge in [-0.1, -0.05) is 12.2 Å². The number of ether oxygens (including phenoxy) is 1. The first kappa shape index (κ1) is 14.5. The lowest BCUT2D eigenvalue weighted by Gasteiger charge is -2.24. The average Bonchev–Trinajstić information content (AvgIpc) is 2.71. The smallest absolute Gasteiger partial charge is 0.229 e. The second-order valence-corrected chi connectivity index (χ2v) is 5.40. The minimum Gasteiger partial charge on any atom is -0.383 e. The molecule has 1 aliphatic heterocycles. The van der Waals surface area contributed by atoms with Gasteiger partial charge in [0.25, 0.3) is 0 Å². The Kier molecular flexibility index (Phi) is 5.36. The molecule has 1 aliphatic carbocycles. The zero-order valence-electron chi connectivity index (χ0n) is 11.8. The maximum absolute atomic E-state index is 12.4. The third-order valence-electron chi connectivity index (χ3n) is 3.95. The van der Waals surface area contributed by atoms with Gasteiger partial charge in [-0.05, 0) is 19.4 Å². The molecular weight excluding hydrogens is 242 g/mol. The molecule has 2 rings (SSSR count). The van der Waals surface area contributed by atoms with Crippen molar-refractivity contribution in [3.05, 3.63) is 12.2 Å². The summed E-state index contributed by atoms with van der Waals surface area (Å²) in [5.41, 5.74) is 5.82. The van der Waals surface area contributed by atoms with E-state index in [-0.39, 0.29) is 17.9 Å². The van der Waals surface area contributed by atoms with E-state index in [9.17, 15) is 4.79 Å². The highest BCUT2D eigenvalue weighted by molar-refractivity contribution is 5.81. The van der Waals surface area contributed by atoms with Gasteiger partial charge in [0.1, 0.15) is 0 Å². The molecule has 2 unspecified atom stereocenters. The van der Waals surface area contributed by atoms with Gasteiger partial charge in [-0.15, -0.1) is 0 Å². The highest BCUT2D eigenvalue weighted by atomic mass is 16.5. The molecule has 0 radical (unpaired) electrons. The number of amides is 1. The maximum Gasteiger partial charge on any atom is 0.229 e. The van der Waals surface area contributed by atoms with Gasteiger partial charge in [-0.3, -0.25) is 9.69 Å². The number of methoxy groups -OCH3 is 1. The van der Waals surface area contributed by atoms with Gasteiger partial charge in [0.05, 0.1) is 12.5 Å². The second-order valence-electron chi connectivity index (χ2n) is 5.40. The molecule has 0 spiro atoms. The fourth-order valence-corrected chi connectivity index (χ4v) is 2.78. The predicted molar refractivity (Wildman–Crippen MR) is 74.7 cm³/mol. The number of nitrogens with zero attached hydrogens (tertiary/aromatic N) is 2. The van der Waals surface area contributed by atoms with Crippen LogP contribution in [0.5, 0.6) is 0 Å². The van der Waals surface area contributed by atoms with Crippen molar-refractivity contribution >= 4 is 5.91 Å². The van der Waals surface area contributed by atoms with Crippen LogP contribution in [0.25, 0.3) is 0 Å². The van der Waals surface area contributed by atoms with Crippen LogP contribution in [0.2, 0.25) is 0 Å². The Labute approximate surface area is 115 Å². The molecule has 0 aromatic heterocycles. The van der Waals surface area contributed by atoms with Crippen molar-refractivity contribution < 1.29 is 9.53 Å². The molecule has 1 saturated heterocycles. The first-order chi connectivity index (χ1) is 9.20. The molecule has 5 nitrogen and oxygen atoms in total. The normalized spacial score (nSPS) is 28.6. The molecule has 0 aromatic rings. The average molecular weight is 267 g/mol. The molecule has 19 heavy (non-hydrogen) atoms. The van der Waals surface area contributed by atoms with E-state index >= 15 is 0 Å². The van der Waals surface area contributed by atoms with E-state index in [2.05, 4.69) is 4.90 Å². The van der Waals surface area contributed by atoms with Crippen LogP contribution in [-0.2, 0) is 9.53 Å². The van der Waals surface area contributed by atoms with Gasteiger partial charge in [0.2, 0.25) is 5.91 Å². The number of nitrogens with two attached hydrogens (primary N) is 1. The summed E-state index contributed by atoms with van der Waals surface area (Å²) in [5, 5.41) is 0. The summed E-state index contributed by atoms with van der Waals surface area (Å²) in [6, 6.07) is 0.0547. The van der Waals surface area contributed by atoms with E-state index in [0.29, 0.717) is 0 Å². The lowest BCUT2D eigenvalue weighted by Crippen LogP contribution is -2.39. The van der Waals surface area contributed by atoms with Gasteiger partial charge in [-0.25, -0.2) is 0 Å². The van der Waals surface area contributed by atoms with Crippen LogP contribution in [-0.4, -0.2) is 68.2 Å². The van der Waals surface area contributed by atoms with Gasteiger partial charge >= 0.3 is 0 Å². The predicted octanol–water partition coefficient (Wildman–Crippen LogP) is 0.0705. The van der Waals surface area contributed by atoms with E-state index in [0.717, 1.165) is 52.2 Å². The lowest BCUT2D eigenvalue weighted by molar-refractivity contribution is -0.133. The first-order valence-electron chi connectivity index (χ1n) is 7.14. The number of rotatable bonds is 4. The van der Waals surface area contributed by atoms with Crippen LogP contribution in [0.3, 0.4) is 0 Å². The summed E-state index contributed by atoms with van der Waals surface area (Å²) in [4.78, 5) is 16.8. The lowest BCUT2D eigenvalue weighted by atomic mass is 10.1. The quantitative estimate of drug-likeness (QED) is 0.732. The summed E-state index contributed by atoms with van der Waals surface area (Å²) in [6.07, 6.45) is 5.73. The van der Waals surface area contributed by atoms with E-state index in [1.54, 1.807) is 7.11 Å². The SMILES string of the molecule is COCCN1CCCN(C(=O)C2C=CC(N)C2)CC1. The zero-order valence-corrected chi connectivity index (χ0v) is 11.8. The van der Waals surface area contributed by atoms with E-state index in [4.69, 9.17) is 10.5 Å². The summed E-state index contributed by atoms with van der Waals surface area (Å²) in [5.74, 6) is 0.248. The second kappa shape index (κ2) is 7.03. The van der Waals surface area contributed by atoms with Crippen molar-refractivity contribution in [2.75, 3.05) is 46.4 Å². The highest BCUT2D eigenvalue weighted by Gasteiger charge is 2.28. The minimum absolute atomic E-state index is 0.000486. The Morgan fingerprint density at radius 1 is 1.32 bits per heavy atom. The molecule has 2 atom stereocenters. The number of carbonyl (C=O) groups is 1. The maximum atomic E-state index is 12.4. The Bertz CT molecular complexity index is 333. The summed E-state index contributed by atoms with van der Waals surface area (Å²) >= 11 is 0. The molecule has 2 N–H and O–H groups in total. The summed E-state index contributed by atoms with van der Waals surface area (Å²) in [6.45, 7) is 5.38. The van der Waals surface area contributed by atoms with Crippen LogP contribution < -0.4 is 5.73 Å². The van der Waals surface area contributed by atoms with Crippen molar-refractivity contribution in [1.82, 2.24) is 9.80 Å². The molecule has 0 bridgehead atoms. The largest absolute Gasteiger partial charge is 0.383 e. The van der Waals surface area contributed by atoms with E-state index in [1.807, 2.05) is 17.1 Å². The van der Waals surface area contributed by atoms with Crippen LogP contribution in [0.4, 0.5) is 0 Å². The van der Waals surface area contributed by atoms with Crippen LogP contribution >= 0.6 is 0 Å². The first-order valence-corrected chi connectivity index (χ1v) is 7.14.